The van der Waals surface area contributed by atoms with Crippen LogP contribution in [0.15, 0.2) is 42.7 Å². The van der Waals surface area contributed by atoms with E-state index in [0.717, 1.165) is 30.0 Å². The second kappa shape index (κ2) is 4.88. The monoisotopic (exact) mass is 297 g/mol. The van der Waals surface area contributed by atoms with Crippen molar-refractivity contribution < 1.29 is 9.18 Å². The minimum atomic E-state index is -0.613. The van der Waals surface area contributed by atoms with Gasteiger partial charge in [0.2, 0.25) is 5.91 Å². The van der Waals surface area contributed by atoms with Crippen LogP contribution in [0.5, 0.6) is 0 Å². The number of carbonyl (C=O) groups excluding carboxylic acids is 1. The number of halogens is 1. The van der Waals surface area contributed by atoms with Crippen molar-refractivity contribution in [1.82, 2.24) is 10.3 Å². The first-order chi connectivity index (χ1) is 10.7. The van der Waals surface area contributed by atoms with Crippen LogP contribution < -0.4 is 10.2 Å². The Morgan fingerprint density at radius 1 is 1.23 bits per heavy atom. The van der Waals surface area contributed by atoms with Crippen molar-refractivity contribution in [3.63, 3.8) is 0 Å². The molecule has 112 valence electrons. The van der Waals surface area contributed by atoms with E-state index < -0.39 is 5.41 Å². The highest BCUT2D eigenvalue weighted by molar-refractivity contribution is 6.13. The molecule has 3 heterocycles. The fourth-order valence-corrected chi connectivity index (χ4v) is 3.60. The van der Waals surface area contributed by atoms with E-state index >= 15 is 0 Å². The van der Waals surface area contributed by atoms with Gasteiger partial charge in [0.05, 0.1) is 23.0 Å². The lowest BCUT2D eigenvalue weighted by Crippen LogP contribution is -2.46. The van der Waals surface area contributed by atoms with Crippen molar-refractivity contribution in [3.05, 3.63) is 54.1 Å². The molecule has 1 amide bonds. The number of amides is 1. The Kier molecular flexibility index (Phi) is 2.97. The topological polar surface area (TPSA) is 45.2 Å². The number of anilines is 2. The summed E-state index contributed by atoms with van der Waals surface area (Å²) in [5.41, 5.74) is 1.71. The van der Waals surface area contributed by atoms with E-state index in [9.17, 15) is 9.18 Å². The lowest BCUT2D eigenvalue weighted by molar-refractivity contribution is -0.123. The molecule has 1 spiro atoms. The van der Waals surface area contributed by atoms with Gasteiger partial charge in [0, 0.05) is 6.20 Å². The maximum atomic E-state index is 13.8. The largest absolute Gasteiger partial charge is 0.317 e. The van der Waals surface area contributed by atoms with Gasteiger partial charge in [0.25, 0.3) is 0 Å². The van der Waals surface area contributed by atoms with Gasteiger partial charge in [-0.2, -0.15) is 0 Å². The van der Waals surface area contributed by atoms with E-state index in [4.69, 9.17) is 0 Å². The SMILES string of the molecule is O=C1N(c2cccnc2)c2ccc(F)cc2C12CCNCC2. The zero-order valence-corrected chi connectivity index (χ0v) is 12.1. The lowest BCUT2D eigenvalue weighted by atomic mass is 9.74. The predicted molar refractivity (Wildman–Crippen MR) is 81.6 cm³/mol. The lowest BCUT2D eigenvalue weighted by Gasteiger charge is -2.33. The zero-order chi connectivity index (χ0) is 15.2. The van der Waals surface area contributed by atoms with Crippen molar-refractivity contribution in [1.29, 1.82) is 0 Å². The average molecular weight is 297 g/mol. The summed E-state index contributed by atoms with van der Waals surface area (Å²) in [4.78, 5) is 19.0. The third-order valence-corrected chi connectivity index (χ3v) is 4.69. The molecule has 1 aromatic carbocycles. The van der Waals surface area contributed by atoms with Crippen LogP contribution in [0.2, 0.25) is 0 Å². The summed E-state index contributed by atoms with van der Waals surface area (Å²) in [6.07, 6.45) is 4.74. The third kappa shape index (κ3) is 1.78. The highest BCUT2D eigenvalue weighted by Gasteiger charge is 2.51. The fourth-order valence-electron chi connectivity index (χ4n) is 3.60. The Labute approximate surface area is 128 Å². The van der Waals surface area contributed by atoms with Gasteiger partial charge in [-0.25, -0.2) is 4.39 Å². The van der Waals surface area contributed by atoms with E-state index in [2.05, 4.69) is 10.3 Å². The van der Waals surface area contributed by atoms with Gasteiger partial charge in [-0.05, 0) is 61.8 Å². The van der Waals surface area contributed by atoms with E-state index in [1.54, 1.807) is 29.4 Å². The summed E-state index contributed by atoms with van der Waals surface area (Å²) >= 11 is 0. The Balaban J connectivity index is 1.91. The van der Waals surface area contributed by atoms with Crippen LogP contribution >= 0.6 is 0 Å². The summed E-state index contributed by atoms with van der Waals surface area (Å²) in [5, 5.41) is 3.28. The Morgan fingerprint density at radius 2 is 2.05 bits per heavy atom. The minimum absolute atomic E-state index is 0.0302. The van der Waals surface area contributed by atoms with E-state index in [-0.39, 0.29) is 11.7 Å². The standard InChI is InChI=1S/C17H16FN3O/c18-12-3-4-15-14(10-12)17(5-8-19-9-6-17)16(22)21(15)13-2-1-7-20-11-13/h1-4,7,10-11,19H,5-6,8-9H2. The first-order valence-corrected chi connectivity index (χ1v) is 7.48. The molecule has 0 saturated carbocycles. The number of benzene rings is 1. The number of pyridine rings is 1. The minimum Gasteiger partial charge on any atom is -0.317 e. The molecule has 2 aliphatic heterocycles. The smallest absolute Gasteiger partial charge is 0.242 e. The number of nitrogens with zero attached hydrogens (tertiary/aromatic N) is 2. The van der Waals surface area contributed by atoms with Crippen LogP contribution in [0, 0.1) is 5.82 Å². The average Bonchev–Trinajstić information content (AvgIpc) is 2.78. The summed E-state index contributed by atoms with van der Waals surface area (Å²) in [6, 6.07) is 8.30. The molecule has 1 N–H and O–H groups in total. The molecule has 0 aliphatic carbocycles. The first kappa shape index (κ1) is 13.4. The van der Waals surface area contributed by atoms with Gasteiger partial charge in [-0.1, -0.05) is 0 Å². The first-order valence-electron chi connectivity index (χ1n) is 7.48. The van der Waals surface area contributed by atoms with Crippen molar-refractivity contribution in [2.75, 3.05) is 18.0 Å². The van der Waals surface area contributed by atoms with Crippen LogP contribution in [0.4, 0.5) is 15.8 Å². The van der Waals surface area contributed by atoms with Gasteiger partial charge < -0.3 is 5.32 Å². The van der Waals surface area contributed by atoms with Crippen LogP contribution in [0.25, 0.3) is 0 Å². The van der Waals surface area contributed by atoms with Gasteiger partial charge in [0.1, 0.15) is 5.82 Å². The number of hydrogen-bond donors (Lipinski definition) is 1. The van der Waals surface area contributed by atoms with E-state index in [1.807, 2.05) is 6.07 Å². The summed E-state index contributed by atoms with van der Waals surface area (Å²) in [6.45, 7) is 1.53. The van der Waals surface area contributed by atoms with E-state index in [0.29, 0.717) is 12.8 Å². The molecule has 4 rings (SSSR count). The quantitative estimate of drug-likeness (QED) is 0.879. The number of fused-ring (bicyclic) bond motifs is 2. The van der Waals surface area contributed by atoms with Gasteiger partial charge in [-0.3, -0.25) is 14.7 Å². The second-order valence-corrected chi connectivity index (χ2v) is 5.85. The highest BCUT2D eigenvalue weighted by atomic mass is 19.1. The van der Waals surface area contributed by atoms with Gasteiger partial charge in [0.15, 0.2) is 0 Å². The number of nitrogens with one attached hydrogen (secondary N) is 1. The molecule has 1 aromatic heterocycles. The highest BCUT2D eigenvalue weighted by Crippen LogP contribution is 2.49. The summed E-state index contributed by atoms with van der Waals surface area (Å²) in [7, 11) is 0. The van der Waals surface area contributed by atoms with Crippen molar-refractivity contribution in [2.24, 2.45) is 0 Å². The molecule has 1 saturated heterocycles. The zero-order valence-electron chi connectivity index (χ0n) is 12.1. The number of rotatable bonds is 1. The molecule has 0 radical (unpaired) electrons. The van der Waals surface area contributed by atoms with Crippen molar-refractivity contribution in [2.45, 2.75) is 18.3 Å². The molecule has 2 aromatic rings. The molecule has 0 atom stereocenters. The molecule has 5 heteroatoms. The van der Waals surface area contributed by atoms with Crippen molar-refractivity contribution >= 4 is 17.3 Å². The maximum absolute atomic E-state index is 13.8. The van der Waals surface area contributed by atoms with E-state index in [1.165, 1.54) is 12.1 Å². The molecular formula is C17H16FN3O. The molecule has 4 nitrogen and oxygen atoms in total. The van der Waals surface area contributed by atoms with Crippen LogP contribution in [-0.4, -0.2) is 24.0 Å². The van der Waals surface area contributed by atoms with Crippen LogP contribution in [0.1, 0.15) is 18.4 Å². The molecule has 1 fully saturated rings. The van der Waals surface area contributed by atoms with Gasteiger partial charge >= 0.3 is 0 Å². The number of piperidine rings is 1. The Bertz CT molecular complexity index is 726. The second-order valence-electron chi connectivity index (χ2n) is 5.85. The molecular weight excluding hydrogens is 281 g/mol. The third-order valence-electron chi connectivity index (χ3n) is 4.69. The molecule has 0 unspecified atom stereocenters. The number of aromatic nitrogens is 1. The van der Waals surface area contributed by atoms with Crippen LogP contribution in [-0.2, 0) is 10.2 Å². The fraction of sp³-hybridized carbons (Fsp3) is 0.294. The maximum Gasteiger partial charge on any atom is 0.242 e. The Morgan fingerprint density at radius 3 is 2.77 bits per heavy atom. The molecule has 22 heavy (non-hydrogen) atoms. The van der Waals surface area contributed by atoms with Crippen molar-refractivity contribution in [3.8, 4) is 0 Å². The number of carbonyl (C=O) groups is 1. The summed E-state index contributed by atoms with van der Waals surface area (Å²) in [5.74, 6) is -0.264. The predicted octanol–water partition coefficient (Wildman–Crippen LogP) is 2.52. The van der Waals surface area contributed by atoms with Crippen LogP contribution in [0.3, 0.4) is 0 Å². The Hall–Kier alpha value is -2.27. The normalized spacial score (nSPS) is 19.5. The molecule has 2 aliphatic rings. The molecule has 0 bridgehead atoms. The summed E-state index contributed by atoms with van der Waals surface area (Å²) < 4.78 is 13.8. The number of hydrogen-bond acceptors (Lipinski definition) is 3. The van der Waals surface area contributed by atoms with Gasteiger partial charge in [-0.15, -0.1) is 0 Å².